The molecule has 0 fully saturated rings. The molecule has 2 heterocycles. The van der Waals surface area contributed by atoms with Crippen molar-refractivity contribution in [2.24, 2.45) is 0 Å². The number of aromatic nitrogens is 2. The molecule has 3 rings (SSSR count). The Labute approximate surface area is 141 Å². The number of halogens is 1. The lowest BCUT2D eigenvalue weighted by atomic mass is 10.2. The lowest BCUT2D eigenvalue weighted by Crippen LogP contribution is -2.28. The summed E-state index contributed by atoms with van der Waals surface area (Å²) in [4.78, 5) is 11.1. The maximum atomic E-state index is 12.4. The number of aromatic carboxylic acids is 1. The highest BCUT2D eigenvalue weighted by atomic mass is 35.5. The summed E-state index contributed by atoms with van der Waals surface area (Å²) in [7, 11) is -4.12. The van der Waals surface area contributed by atoms with Crippen LogP contribution in [0.3, 0.4) is 0 Å². The monoisotopic (exact) mass is 369 g/mol. The van der Waals surface area contributed by atoms with E-state index in [-0.39, 0.29) is 0 Å². The van der Waals surface area contributed by atoms with Gasteiger partial charge in [-0.05, 0) is 31.2 Å². The average molecular weight is 370 g/mol. The molecule has 0 aliphatic rings. The van der Waals surface area contributed by atoms with Crippen molar-refractivity contribution < 1.29 is 22.7 Å². The van der Waals surface area contributed by atoms with Crippen LogP contribution in [0.5, 0.6) is 0 Å². The molecule has 1 unspecified atom stereocenters. The average Bonchev–Trinajstić information content (AvgIpc) is 3.13. The number of fused-ring (bicyclic) bond motifs is 1. The highest BCUT2D eigenvalue weighted by molar-refractivity contribution is 7.89. The fraction of sp³-hybridized carbons (Fsp3) is 0.143. The fourth-order valence-corrected chi connectivity index (χ4v) is 3.71. The number of H-pyrrole nitrogens is 1. The Morgan fingerprint density at radius 2 is 2.17 bits per heavy atom. The van der Waals surface area contributed by atoms with Gasteiger partial charge in [0, 0.05) is 10.4 Å². The number of hydrogen-bond acceptors (Lipinski definition) is 5. The molecule has 126 valence electrons. The van der Waals surface area contributed by atoms with Crippen LogP contribution in [-0.4, -0.2) is 29.7 Å². The molecule has 10 heteroatoms. The minimum atomic E-state index is -4.12. The number of furan rings is 1. The Bertz CT molecular complexity index is 1020. The largest absolute Gasteiger partial charge is 0.478 e. The minimum absolute atomic E-state index is 0.368. The summed E-state index contributed by atoms with van der Waals surface area (Å²) in [5.41, 5.74) is 0.124. The van der Waals surface area contributed by atoms with Gasteiger partial charge in [-0.15, -0.1) is 0 Å². The molecule has 0 spiro atoms. The van der Waals surface area contributed by atoms with Gasteiger partial charge < -0.3 is 9.52 Å². The van der Waals surface area contributed by atoms with Crippen molar-refractivity contribution >= 4 is 38.6 Å². The number of hydrogen-bond donors (Lipinski definition) is 3. The lowest BCUT2D eigenvalue weighted by Gasteiger charge is -2.11. The Hall–Kier alpha value is -2.36. The van der Waals surface area contributed by atoms with Gasteiger partial charge in [0.05, 0.1) is 12.2 Å². The van der Waals surface area contributed by atoms with E-state index in [1.165, 1.54) is 0 Å². The van der Waals surface area contributed by atoms with Crippen molar-refractivity contribution in [3.8, 4) is 0 Å². The van der Waals surface area contributed by atoms with Crippen molar-refractivity contribution in [2.75, 3.05) is 0 Å². The number of benzene rings is 1. The first-order valence-corrected chi connectivity index (χ1v) is 8.62. The van der Waals surface area contributed by atoms with Crippen LogP contribution < -0.4 is 4.72 Å². The van der Waals surface area contributed by atoms with Crippen LogP contribution in [0.1, 0.15) is 29.1 Å². The van der Waals surface area contributed by atoms with Crippen LogP contribution in [0.25, 0.3) is 11.0 Å². The molecule has 0 saturated heterocycles. The van der Waals surface area contributed by atoms with Crippen molar-refractivity contribution in [1.29, 1.82) is 0 Å². The highest BCUT2D eigenvalue weighted by Crippen LogP contribution is 2.27. The van der Waals surface area contributed by atoms with E-state index in [0.717, 1.165) is 11.6 Å². The summed E-state index contributed by atoms with van der Waals surface area (Å²) in [6.45, 7) is 1.58. The van der Waals surface area contributed by atoms with Crippen LogP contribution in [-0.2, 0) is 10.0 Å². The first-order valence-electron chi connectivity index (χ1n) is 6.76. The zero-order chi connectivity index (χ0) is 17.5. The van der Waals surface area contributed by atoms with E-state index < -0.39 is 32.6 Å². The number of aromatic amines is 1. The standard InChI is InChI=1S/C14H12ClN3O5S/c1-7(12-5-8-4-9(15)2-3-11(8)23-12)18-24(21,22)13-10(14(19)20)6-16-17-13/h2-7,18H,1H3,(H,16,17)(H,19,20). The third-order valence-electron chi connectivity index (χ3n) is 3.36. The van der Waals surface area contributed by atoms with E-state index in [0.29, 0.717) is 16.4 Å². The van der Waals surface area contributed by atoms with Gasteiger partial charge in [0.15, 0.2) is 5.03 Å². The number of carbonyl (C=O) groups is 1. The van der Waals surface area contributed by atoms with E-state index in [2.05, 4.69) is 14.9 Å². The topological polar surface area (TPSA) is 125 Å². The van der Waals surface area contributed by atoms with Gasteiger partial charge in [0.25, 0.3) is 10.0 Å². The summed E-state index contributed by atoms with van der Waals surface area (Å²) in [6, 6.07) is 5.98. The molecular formula is C14H12ClN3O5S. The third-order valence-corrected chi connectivity index (χ3v) is 5.11. The molecule has 0 radical (unpaired) electrons. The van der Waals surface area contributed by atoms with Crippen LogP contribution in [0.2, 0.25) is 5.02 Å². The number of nitrogens with zero attached hydrogens (tertiary/aromatic N) is 1. The smallest absolute Gasteiger partial charge is 0.340 e. The predicted octanol–water partition coefficient (Wildman–Crippen LogP) is 2.55. The SMILES string of the molecule is CC(NS(=O)(=O)c1[nH]ncc1C(=O)O)c1cc2cc(Cl)ccc2o1. The maximum Gasteiger partial charge on any atom is 0.340 e. The number of rotatable bonds is 5. The zero-order valence-corrected chi connectivity index (χ0v) is 13.9. The summed E-state index contributed by atoms with van der Waals surface area (Å²) >= 11 is 5.91. The molecule has 0 bridgehead atoms. The maximum absolute atomic E-state index is 12.4. The predicted molar refractivity (Wildman–Crippen MR) is 85.5 cm³/mol. The second-order valence-electron chi connectivity index (χ2n) is 5.09. The molecule has 1 aromatic carbocycles. The van der Waals surface area contributed by atoms with Crippen LogP contribution >= 0.6 is 11.6 Å². The number of nitrogens with one attached hydrogen (secondary N) is 2. The normalized spacial score (nSPS) is 13.2. The molecule has 0 aliphatic carbocycles. The van der Waals surface area contributed by atoms with E-state index in [1.54, 1.807) is 31.2 Å². The fourth-order valence-electron chi connectivity index (χ4n) is 2.23. The van der Waals surface area contributed by atoms with Crippen LogP contribution in [0, 0.1) is 0 Å². The Kier molecular flexibility index (Phi) is 4.08. The molecule has 1 atom stereocenters. The Morgan fingerprint density at radius 1 is 1.42 bits per heavy atom. The molecule has 0 aliphatic heterocycles. The Balaban J connectivity index is 1.90. The number of carboxylic acids is 1. The van der Waals surface area contributed by atoms with E-state index >= 15 is 0 Å². The molecule has 2 aromatic heterocycles. The van der Waals surface area contributed by atoms with Crippen molar-refractivity contribution in [3.63, 3.8) is 0 Å². The number of sulfonamides is 1. The summed E-state index contributed by atoms with van der Waals surface area (Å²) < 4.78 is 32.7. The molecule has 0 amide bonds. The van der Waals surface area contributed by atoms with E-state index in [4.69, 9.17) is 21.1 Å². The van der Waals surface area contributed by atoms with Gasteiger partial charge in [0.1, 0.15) is 16.9 Å². The molecular weight excluding hydrogens is 358 g/mol. The van der Waals surface area contributed by atoms with Gasteiger partial charge in [-0.2, -0.15) is 9.82 Å². The first-order chi connectivity index (χ1) is 11.3. The Morgan fingerprint density at radius 3 is 2.88 bits per heavy atom. The van der Waals surface area contributed by atoms with Gasteiger partial charge in [0.2, 0.25) is 0 Å². The van der Waals surface area contributed by atoms with Crippen molar-refractivity contribution in [1.82, 2.24) is 14.9 Å². The molecule has 3 N–H and O–H groups in total. The zero-order valence-electron chi connectivity index (χ0n) is 12.3. The van der Waals surface area contributed by atoms with Crippen LogP contribution in [0.15, 0.2) is 39.9 Å². The summed E-state index contributed by atoms with van der Waals surface area (Å²) in [5, 5.41) is 15.4. The highest BCUT2D eigenvalue weighted by Gasteiger charge is 2.27. The molecule has 0 saturated carbocycles. The number of carboxylic acid groups (broad SMARTS) is 1. The lowest BCUT2D eigenvalue weighted by molar-refractivity contribution is 0.0692. The summed E-state index contributed by atoms with van der Waals surface area (Å²) in [6.07, 6.45) is 0.935. The van der Waals surface area contributed by atoms with E-state index in [1.807, 2.05) is 0 Å². The van der Waals surface area contributed by atoms with Gasteiger partial charge in [-0.1, -0.05) is 11.6 Å². The molecule has 8 nitrogen and oxygen atoms in total. The van der Waals surface area contributed by atoms with Crippen molar-refractivity contribution in [3.05, 3.63) is 46.8 Å². The minimum Gasteiger partial charge on any atom is -0.478 e. The van der Waals surface area contributed by atoms with Gasteiger partial charge in [-0.25, -0.2) is 13.2 Å². The molecule has 3 aromatic rings. The quantitative estimate of drug-likeness (QED) is 0.634. The van der Waals surface area contributed by atoms with Gasteiger partial charge >= 0.3 is 5.97 Å². The van der Waals surface area contributed by atoms with E-state index in [9.17, 15) is 13.2 Å². The first kappa shape index (κ1) is 16.5. The van der Waals surface area contributed by atoms with Crippen LogP contribution in [0.4, 0.5) is 0 Å². The van der Waals surface area contributed by atoms with Crippen molar-refractivity contribution in [2.45, 2.75) is 18.0 Å². The second kappa shape index (κ2) is 5.93. The third kappa shape index (κ3) is 3.01. The summed E-state index contributed by atoms with van der Waals surface area (Å²) in [5.74, 6) is -1.03. The molecule has 24 heavy (non-hydrogen) atoms. The second-order valence-corrected chi connectivity index (χ2v) is 7.18. The van der Waals surface area contributed by atoms with Gasteiger partial charge in [-0.3, -0.25) is 5.10 Å².